The van der Waals surface area contributed by atoms with Crippen LogP contribution in [0.1, 0.15) is 19.3 Å². The van der Waals surface area contributed by atoms with E-state index in [9.17, 15) is 0 Å². The van der Waals surface area contributed by atoms with Gasteiger partial charge in [0.15, 0.2) is 0 Å². The van der Waals surface area contributed by atoms with E-state index in [1.807, 2.05) is 12.1 Å². The van der Waals surface area contributed by atoms with Crippen molar-refractivity contribution in [2.75, 3.05) is 44.2 Å². The van der Waals surface area contributed by atoms with Gasteiger partial charge in [-0.25, -0.2) is 0 Å². The Labute approximate surface area is 126 Å². The van der Waals surface area contributed by atoms with Gasteiger partial charge in [0.1, 0.15) is 0 Å². The Kier molecular flexibility index (Phi) is 4.81. The van der Waals surface area contributed by atoms with Crippen LogP contribution >= 0.6 is 11.6 Å². The molecule has 1 unspecified atom stereocenters. The zero-order valence-corrected chi connectivity index (χ0v) is 12.8. The number of nitrogens with one attached hydrogen (secondary N) is 1. The molecule has 1 aromatic rings. The Morgan fingerprint density at radius 2 is 1.95 bits per heavy atom. The first-order valence-corrected chi connectivity index (χ1v) is 8.16. The number of hydrogen-bond donors (Lipinski definition) is 1. The van der Waals surface area contributed by atoms with Gasteiger partial charge in [-0.3, -0.25) is 4.90 Å². The third kappa shape index (κ3) is 3.46. The lowest BCUT2D eigenvalue weighted by Gasteiger charge is -2.36. The largest absolute Gasteiger partial charge is 0.368 e. The molecule has 4 heteroatoms. The summed E-state index contributed by atoms with van der Waals surface area (Å²) in [6, 6.07) is 8.93. The Morgan fingerprint density at radius 3 is 2.65 bits per heavy atom. The molecule has 0 aromatic heterocycles. The zero-order valence-electron chi connectivity index (χ0n) is 12.0. The number of nitrogens with zero attached hydrogens (tertiary/aromatic N) is 2. The fraction of sp³-hybridized carbons (Fsp3) is 0.625. The van der Waals surface area contributed by atoms with E-state index in [0.29, 0.717) is 0 Å². The zero-order chi connectivity index (χ0) is 13.8. The van der Waals surface area contributed by atoms with Crippen LogP contribution in [0.2, 0.25) is 5.02 Å². The lowest BCUT2D eigenvalue weighted by atomic mass is 10.1. The number of rotatable bonds is 4. The van der Waals surface area contributed by atoms with Crippen molar-refractivity contribution in [1.29, 1.82) is 0 Å². The molecule has 0 saturated carbocycles. The summed E-state index contributed by atoms with van der Waals surface area (Å²) in [4.78, 5) is 5.00. The molecule has 110 valence electrons. The average molecular weight is 294 g/mol. The van der Waals surface area contributed by atoms with E-state index < -0.39 is 0 Å². The van der Waals surface area contributed by atoms with Gasteiger partial charge < -0.3 is 10.2 Å². The first-order valence-electron chi connectivity index (χ1n) is 7.78. The van der Waals surface area contributed by atoms with Crippen molar-refractivity contribution in [2.24, 2.45) is 0 Å². The highest BCUT2D eigenvalue weighted by atomic mass is 35.5. The quantitative estimate of drug-likeness (QED) is 0.921. The minimum Gasteiger partial charge on any atom is -0.368 e. The molecule has 20 heavy (non-hydrogen) atoms. The second-order valence-corrected chi connectivity index (χ2v) is 6.27. The van der Waals surface area contributed by atoms with E-state index in [0.717, 1.165) is 37.2 Å². The molecular weight excluding hydrogens is 270 g/mol. The Morgan fingerprint density at radius 1 is 1.15 bits per heavy atom. The molecule has 2 aliphatic heterocycles. The summed E-state index contributed by atoms with van der Waals surface area (Å²) in [5, 5.41) is 4.46. The third-order valence-corrected chi connectivity index (χ3v) is 4.84. The lowest BCUT2D eigenvalue weighted by molar-refractivity contribution is 0.245. The molecule has 1 N–H and O–H groups in total. The summed E-state index contributed by atoms with van der Waals surface area (Å²) < 4.78 is 0. The Balaban J connectivity index is 1.46. The van der Waals surface area contributed by atoms with E-state index in [-0.39, 0.29) is 0 Å². The number of anilines is 1. The molecule has 0 amide bonds. The van der Waals surface area contributed by atoms with Crippen molar-refractivity contribution in [3.8, 4) is 0 Å². The van der Waals surface area contributed by atoms with E-state index >= 15 is 0 Å². The van der Waals surface area contributed by atoms with Crippen molar-refractivity contribution in [3.63, 3.8) is 0 Å². The summed E-state index contributed by atoms with van der Waals surface area (Å²) in [5.74, 6) is 0. The van der Waals surface area contributed by atoms with Crippen molar-refractivity contribution in [3.05, 3.63) is 29.3 Å². The fourth-order valence-electron chi connectivity index (χ4n) is 3.26. The van der Waals surface area contributed by atoms with Crippen LogP contribution in [-0.4, -0.2) is 50.2 Å². The minimum absolute atomic E-state index is 0.761. The molecule has 2 saturated heterocycles. The summed E-state index contributed by atoms with van der Waals surface area (Å²) in [7, 11) is 0. The Hall–Kier alpha value is -0.770. The smallest absolute Gasteiger partial charge is 0.0639 e. The normalized spacial score (nSPS) is 24.2. The molecule has 0 bridgehead atoms. The predicted octanol–water partition coefficient (Wildman–Crippen LogP) is 2.60. The third-order valence-electron chi connectivity index (χ3n) is 4.52. The van der Waals surface area contributed by atoms with Crippen LogP contribution in [0.5, 0.6) is 0 Å². The lowest BCUT2D eigenvalue weighted by Crippen LogP contribution is -2.47. The SMILES string of the molecule is Clc1ccccc1N1CCN(CCC2CCCN2)CC1. The molecule has 3 nitrogen and oxygen atoms in total. The highest BCUT2D eigenvalue weighted by Crippen LogP contribution is 2.26. The van der Waals surface area contributed by atoms with Crippen molar-refractivity contribution in [1.82, 2.24) is 10.2 Å². The van der Waals surface area contributed by atoms with Gasteiger partial charge in [0.25, 0.3) is 0 Å². The maximum absolute atomic E-state index is 6.28. The highest BCUT2D eigenvalue weighted by Gasteiger charge is 2.20. The monoisotopic (exact) mass is 293 g/mol. The van der Waals surface area contributed by atoms with Gasteiger partial charge >= 0.3 is 0 Å². The van der Waals surface area contributed by atoms with E-state index in [4.69, 9.17) is 11.6 Å². The number of piperazine rings is 1. The fourth-order valence-corrected chi connectivity index (χ4v) is 3.52. The van der Waals surface area contributed by atoms with Crippen molar-refractivity contribution in [2.45, 2.75) is 25.3 Å². The molecule has 2 heterocycles. The van der Waals surface area contributed by atoms with Gasteiger partial charge in [-0.1, -0.05) is 23.7 Å². The molecule has 3 rings (SSSR count). The molecule has 2 fully saturated rings. The molecule has 1 aromatic carbocycles. The molecule has 0 spiro atoms. The first kappa shape index (κ1) is 14.2. The predicted molar refractivity (Wildman–Crippen MR) is 85.7 cm³/mol. The molecule has 2 aliphatic rings. The molecule has 0 radical (unpaired) electrons. The van der Waals surface area contributed by atoms with Crippen molar-refractivity contribution < 1.29 is 0 Å². The van der Waals surface area contributed by atoms with Gasteiger partial charge in [0, 0.05) is 32.2 Å². The minimum atomic E-state index is 0.761. The van der Waals surface area contributed by atoms with Crippen molar-refractivity contribution >= 4 is 17.3 Å². The van der Waals surface area contributed by atoms with E-state index in [1.54, 1.807) is 0 Å². The topological polar surface area (TPSA) is 18.5 Å². The van der Waals surface area contributed by atoms with Gasteiger partial charge in [-0.05, 0) is 44.5 Å². The summed E-state index contributed by atoms with van der Waals surface area (Å²) in [6.07, 6.45) is 4.01. The van der Waals surface area contributed by atoms with Crippen LogP contribution in [0.15, 0.2) is 24.3 Å². The Bertz CT molecular complexity index is 423. The molecule has 0 aliphatic carbocycles. The van der Waals surface area contributed by atoms with Crippen LogP contribution in [0, 0.1) is 0 Å². The van der Waals surface area contributed by atoms with Crippen LogP contribution < -0.4 is 10.2 Å². The number of para-hydroxylation sites is 1. The summed E-state index contributed by atoms with van der Waals surface area (Å²) in [6.45, 7) is 6.92. The van der Waals surface area contributed by atoms with Gasteiger partial charge in [0.2, 0.25) is 0 Å². The second kappa shape index (κ2) is 6.79. The number of halogens is 1. The maximum Gasteiger partial charge on any atom is 0.0639 e. The molecular formula is C16H24ClN3. The maximum atomic E-state index is 6.28. The first-order chi connectivity index (χ1) is 9.83. The average Bonchev–Trinajstić information content (AvgIpc) is 3.00. The standard InChI is InChI=1S/C16H24ClN3/c17-15-5-1-2-6-16(15)20-12-10-19(11-13-20)9-7-14-4-3-8-18-14/h1-2,5-6,14,18H,3-4,7-13H2. The van der Waals surface area contributed by atoms with Crippen LogP contribution in [0.3, 0.4) is 0 Å². The summed E-state index contributed by atoms with van der Waals surface area (Å²) >= 11 is 6.28. The van der Waals surface area contributed by atoms with Crippen LogP contribution in [-0.2, 0) is 0 Å². The second-order valence-electron chi connectivity index (χ2n) is 5.86. The number of hydrogen-bond acceptors (Lipinski definition) is 3. The van der Waals surface area contributed by atoms with Gasteiger partial charge in [-0.15, -0.1) is 0 Å². The number of benzene rings is 1. The van der Waals surface area contributed by atoms with Crippen LogP contribution in [0.4, 0.5) is 5.69 Å². The van der Waals surface area contributed by atoms with Crippen LogP contribution in [0.25, 0.3) is 0 Å². The highest BCUT2D eigenvalue weighted by molar-refractivity contribution is 6.33. The molecule has 1 atom stereocenters. The van der Waals surface area contributed by atoms with Gasteiger partial charge in [-0.2, -0.15) is 0 Å². The van der Waals surface area contributed by atoms with E-state index in [2.05, 4.69) is 27.2 Å². The summed E-state index contributed by atoms with van der Waals surface area (Å²) in [5.41, 5.74) is 1.19. The van der Waals surface area contributed by atoms with E-state index in [1.165, 1.54) is 38.0 Å². The van der Waals surface area contributed by atoms with Gasteiger partial charge in [0.05, 0.1) is 10.7 Å².